The van der Waals surface area contributed by atoms with Crippen LogP contribution in [0.5, 0.6) is 0 Å². The van der Waals surface area contributed by atoms with E-state index in [-0.39, 0.29) is 0 Å². The molecule has 0 radical (unpaired) electrons. The van der Waals surface area contributed by atoms with Crippen molar-refractivity contribution in [3.63, 3.8) is 0 Å². The Morgan fingerprint density at radius 1 is 0.962 bits per heavy atom. The second-order valence-corrected chi connectivity index (χ2v) is 6.40. The quantitative estimate of drug-likeness (QED) is 0.778. The molecular weight excluding hydrogens is 343 g/mol. The number of nitrogens with zero attached hydrogens (tertiary/aromatic N) is 4. The molecule has 0 unspecified atom stereocenters. The van der Waals surface area contributed by atoms with Crippen molar-refractivity contribution in [3.05, 3.63) is 54.0 Å². The highest BCUT2D eigenvalue weighted by Crippen LogP contribution is 2.29. The van der Waals surface area contributed by atoms with Crippen molar-refractivity contribution < 1.29 is 13.2 Å². The molecule has 1 aliphatic rings. The van der Waals surface area contributed by atoms with Gasteiger partial charge in [0.05, 0.1) is 10.9 Å². The number of alkyl halides is 3. The largest absolute Gasteiger partial charge is 0.416 e. The Labute approximate surface area is 148 Å². The Morgan fingerprint density at radius 2 is 1.69 bits per heavy atom. The minimum atomic E-state index is -4.29. The van der Waals surface area contributed by atoms with E-state index in [1.165, 1.54) is 0 Å². The summed E-state index contributed by atoms with van der Waals surface area (Å²) in [7, 11) is 0. The number of rotatable bonds is 3. The van der Waals surface area contributed by atoms with Crippen molar-refractivity contribution in [2.45, 2.75) is 12.7 Å². The Morgan fingerprint density at radius 3 is 2.38 bits per heavy atom. The molecule has 0 atom stereocenters. The lowest BCUT2D eigenvalue weighted by atomic mass is 10.1. The predicted molar refractivity (Wildman–Crippen MR) is 92.8 cm³/mol. The predicted octanol–water partition coefficient (Wildman–Crippen LogP) is 3.30. The maximum atomic E-state index is 12.6. The molecule has 8 heteroatoms. The zero-order valence-corrected chi connectivity index (χ0v) is 14.0. The molecule has 2 aromatic heterocycles. The molecule has 1 N–H and O–H groups in total. The lowest BCUT2D eigenvalue weighted by Crippen LogP contribution is -2.46. The van der Waals surface area contributed by atoms with Crippen LogP contribution in [0.1, 0.15) is 11.1 Å². The third-order valence-electron chi connectivity index (χ3n) is 4.69. The minimum absolute atomic E-state index is 0.606. The van der Waals surface area contributed by atoms with Crippen molar-refractivity contribution >= 4 is 16.9 Å². The number of anilines is 1. The van der Waals surface area contributed by atoms with Crippen LogP contribution in [0.15, 0.2) is 42.9 Å². The first-order valence-corrected chi connectivity index (χ1v) is 8.42. The number of halogens is 3. The number of fused-ring (bicyclic) bond motifs is 1. The van der Waals surface area contributed by atoms with Gasteiger partial charge in [0.2, 0.25) is 0 Å². The average Bonchev–Trinajstić information content (AvgIpc) is 3.11. The van der Waals surface area contributed by atoms with Crippen LogP contribution < -0.4 is 4.90 Å². The molecular formula is C18H18F3N5. The fourth-order valence-corrected chi connectivity index (χ4v) is 3.29. The smallest absolute Gasteiger partial charge is 0.353 e. The van der Waals surface area contributed by atoms with Gasteiger partial charge >= 0.3 is 6.18 Å². The number of benzene rings is 1. The Kier molecular flexibility index (Phi) is 4.28. The summed E-state index contributed by atoms with van der Waals surface area (Å²) in [6.45, 7) is 3.94. The first kappa shape index (κ1) is 16.8. The van der Waals surface area contributed by atoms with E-state index in [0.717, 1.165) is 60.7 Å². The van der Waals surface area contributed by atoms with Gasteiger partial charge in [-0.05, 0) is 23.8 Å². The van der Waals surface area contributed by atoms with Gasteiger partial charge in [0.15, 0.2) is 0 Å². The van der Waals surface area contributed by atoms with Gasteiger partial charge in [0, 0.05) is 38.9 Å². The minimum Gasteiger partial charge on any atom is -0.353 e. The lowest BCUT2D eigenvalue weighted by Gasteiger charge is -2.35. The Bertz CT molecular complexity index is 880. The van der Waals surface area contributed by atoms with E-state index in [1.807, 2.05) is 12.3 Å². The molecule has 3 aromatic rings. The fraction of sp³-hybridized carbons (Fsp3) is 0.333. The maximum absolute atomic E-state index is 12.6. The van der Waals surface area contributed by atoms with Gasteiger partial charge in [-0.3, -0.25) is 4.90 Å². The van der Waals surface area contributed by atoms with Crippen LogP contribution in [0.25, 0.3) is 11.0 Å². The summed E-state index contributed by atoms with van der Waals surface area (Å²) in [5, 5.41) is 1.00. The van der Waals surface area contributed by atoms with Crippen LogP contribution in [0.3, 0.4) is 0 Å². The molecule has 4 rings (SSSR count). The molecule has 26 heavy (non-hydrogen) atoms. The average molecular weight is 361 g/mol. The lowest BCUT2D eigenvalue weighted by molar-refractivity contribution is -0.137. The van der Waals surface area contributed by atoms with Gasteiger partial charge in [-0.25, -0.2) is 9.97 Å². The van der Waals surface area contributed by atoms with Crippen molar-refractivity contribution in [2.24, 2.45) is 0 Å². The number of H-pyrrole nitrogens is 1. The SMILES string of the molecule is FC(F)(F)c1ccc(CN2CCN(c3ncnc4[nH]ccc34)CC2)cc1. The van der Waals surface area contributed by atoms with E-state index in [9.17, 15) is 13.2 Å². The molecule has 5 nitrogen and oxygen atoms in total. The molecule has 0 amide bonds. The van der Waals surface area contributed by atoms with Gasteiger partial charge in [-0.1, -0.05) is 12.1 Å². The van der Waals surface area contributed by atoms with E-state index in [2.05, 4.69) is 24.8 Å². The molecule has 136 valence electrons. The van der Waals surface area contributed by atoms with Gasteiger partial charge < -0.3 is 9.88 Å². The normalized spacial score (nSPS) is 16.3. The third-order valence-corrected chi connectivity index (χ3v) is 4.69. The van der Waals surface area contributed by atoms with Crippen LogP contribution in [0, 0.1) is 0 Å². The maximum Gasteiger partial charge on any atom is 0.416 e. The molecule has 0 aliphatic carbocycles. The van der Waals surface area contributed by atoms with Gasteiger partial charge in [0.25, 0.3) is 0 Å². The highest BCUT2D eigenvalue weighted by atomic mass is 19.4. The summed E-state index contributed by atoms with van der Waals surface area (Å²) in [5.41, 5.74) is 1.11. The number of aromatic nitrogens is 3. The topological polar surface area (TPSA) is 48.1 Å². The van der Waals surface area contributed by atoms with Crippen LogP contribution in [0.4, 0.5) is 19.0 Å². The molecule has 1 aliphatic heterocycles. The van der Waals surface area contributed by atoms with Crippen LogP contribution in [0.2, 0.25) is 0 Å². The van der Waals surface area contributed by atoms with Crippen molar-refractivity contribution in [1.82, 2.24) is 19.9 Å². The number of aromatic amines is 1. The van der Waals surface area contributed by atoms with Crippen LogP contribution in [-0.2, 0) is 12.7 Å². The first-order chi connectivity index (χ1) is 12.5. The second kappa shape index (κ2) is 6.60. The first-order valence-electron chi connectivity index (χ1n) is 8.42. The van der Waals surface area contributed by atoms with E-state index in [1.54, 1.807) is 18.5 Å². The molecule has 0 saturated carbocycles. The highest BCUT2D eigenvalue weighted by Gasteiger charge is 2.30. The number of hydrogen-bond donors (Lipinski definition) is 1. The number of hydrogen-bond acceptors (Lipinski definition) is 4. The summed E-state index contributed by atoms with van der Waals surface area (Å²) < 4.78 is 37.9. The fourth-order valence-electron chi connectivity index (χ4n) is 3.29. The molecule has 1 aromatic carbocycles. The van der Waals surface area contributed by atoms with Crippen LogP contribution >= 0.6 is 0 Å². The van der Waals surface area contributed by atoms with Gasteiger partial charge in [0.1, 0.15) is 17.8 Å². The van der Waals surface area contributed by atoms with E-state index >= 15 is 0 Å². The van der Waals surface area contributed by atoms with Gasteiger partial charge in [-0.2, -0.15) is 13.2 Å². The Balaban J connectivity index is 1.39. The molecule has 1 saturated heterocycles. The second-order valence-electron chi connectivity index (χ2n) is 6.40. The number of piperazine rings is 1. The van der Waals surface area contributed by atoms with E-state index < -0.39 is 11.7 Å². The highest BCUT2D eigenvalue weighted by molar-refractivity contribution is 5.87. The van der Waals surface area contributed by atoms with E-state index in [0.29, 0.717) is 6.54 Å². The van der Waals surface area contributed by atoms with E-state index in [4.69, 9.17) is 0 Å². The zero-order valence-electron chi connectivity index (χ0n) is 14.0. The Hall–Kier alpha value is -2.61. The summed E-state index contributed by atoms with van der Waals surface area (Å²) in [5.74, 6) is 0.922. The van der Waals surface area contributed by atoms with Gasteiger partial charge in [-0.15, -0.1) is 0 Å². The summed E-state index contributed by atoms with van der Waals surface area (Å²) >= 11 is 0. The third kappa shape index (κ3) is 3.37. The summed E-state index contributed by atoms with van der Waals surface area (Å²) in [6.07, 6.45) is -0.877. The summed E-state index contributed by atoms with van der Waals surface area (Å²) in [4.78, 5) is 16.2. The molecule has 3 heterocycles. The van der Waals surface area contributed by atoms with Crippen LogP contribution in [-0.4, -0.2) is 46.0 Å². The summed E-state index contributed by atoms with van der Waals surface area (Å²) in [6, 6.07) is 7.38. The standard InChI is InChI=1S/C18H18F3N5/c19-18(20,21)14-3-1-13(2-4-14)11-25-7-9-26(10-8-25)17-15-5-6-22-16(15)23-12-24-17/h1-6,12H,7-11H2,(H,22,23,24). The molecule has 0 bridgehead atoms. The number of nitrogens with one attached hydrogen (secondary N) is 1. The molecule has 0 spiro atoms. The van der Waals surface area contributed by atoms with Crippen molar-refractivity contribution in [1.29, 1.82) is 0 Å². The molecule has 1 fully saturated rings. The monoisotopic (exact) mass is 361 g/mol. The van der Waals surface area contributed by atoms with Crippen molar-refractivity contribution in [2.75, 3.05) is 31.1 Å². The van der Waals surface area contributed by atoms with Crippen molar-refractivity contribution in [3.8, 4) is 0 Å². The zero-order chi connectivity index (χ0) is 18.1.